The number of rotatable bonds is 4. The van der Waals surface area contributed by atoms with Gasteiger partial charge in [0, 0.05) is 11.6 Å². The molecule has 1 aromatic heterocycles. The van der Waals surface area contributed by atoms with E-state index in [0.717, 1.165) is 4.68 Å². The van der Waals surface area contributed by atoms with Crippen LogP contribution in [-0.2, 0) is 12.6 Å². The van der Waals surface area contributed by atoms with Crippen LogP contribution in [0, 0.1) is 0 Å². The van der Waals surface area contributed by atoms with Crippen molar-refractivity contribution in [3.8, 4) is 0 Å². The molecule has 2 N–H and O–H groups in total. The van der Waals surface area contributed by atoms with E-state index in [1.807, 2.05) is 0 Å². The van der Waals surface area contributed by atoms with Crippen LogP contribution >= 0.6 is 0 Å². The zero-order valence-electron chi connectivity index (χ0n) is 9.38. The lowest BCUT2D eigenvalue weighted by Crippen LogP contribution is -2.18. The number of halogens is 3. The smallest absolute Gasteiger partial charge is 0.330 e. The van der Waals surface area contributed by atoms with Gasteiger partial charge in [0.05, 0.1) is 6.20 Å². The van der Waals surface area contributed by atoms with Crippen molar-refractivity contribution in [1.29, 1.82) is 0 Å². The maximum atomic E-state index is 12.8. The van der Waals surface area contributed by atoms with Crippen molar-refractivity contribution in [2.24, 2.45) is 5.73 Å². The Morgan fingerprint density at radius 2 is 2.06 bits per heavy atom. The predicted octanol–water partition coefficient (Wildman–Crippen LogP) is 2.37. The van der Waals surface area contributed by atoms with Gasteiger partial charge in [0.25, 0.3) is 0 Å². The highest BCUT2D eigenvalue weighted by molar-refractivity contribution is 5.21. The Labute approximate surface area is 92.4 Å². The summed E-state index contributed by atoms with van der Waals surface area (Å²) >= 11 is 0. The van der Waals surface area contributed by atoms with Gasteiger partial charge >= 0.3 is 6.18 Å². The molecule has 1 heterocycles. The third-order valence-corrected chi connectivity index (χ3v) is 2.28. The molecule has 1 aromatic rings. The average molecular weight is 235 g/mol. The van der Waals surface area contributed by atoms with Crippen LogP contribution in [0.25, 0.3) is 0 Å². The van der Waals surface area contributed by atoms with Gasteiger partial charge in [0.2, 0.25) is 0 Å². The maximum absolute atomic E-state index is 12.8. The molecular weight excluding hydrogens is 219 g/mol. The van der Waals surface area contributed by atoms with Gasteiger partial charge in [-0.15, -0.1) is 0 Å². The van der Waals surface area contributed by atoms with Crippen molar-refractivity contribution in [3.63, 3.8) is 0 Å². The zero-order valence-corrected chi connectivity index (χ0v) is 9.38. The first-order valence-corrected chi connectivity index (χ1v) is 5.21. The summed E-state index contributed by atoms with van der Waals surface area (Å²) in [5.41, 5.74) is 4.88. The van der Waals surface area contributed by atoms with Gasteiger partial charge in [-0.2, -0.15) is 18.3 Å². The zero-order chi connectivity index (χ0) is 12.3. The number of aromatic nitrogens is 2. The Bertz CT molecular complexity index is 342. The first-order chi connectivity index (χ1) is 7.38. The fourth-order valence-corrected chi connectivity index (χ4v) is 1.58. The number of hydrogen-bond donors (Lipinski definition) is 1. The van der Waals surface area contributed by atoms with Crippen molar-refractivity contribution in [2.75, 3.05) is 6.54 Å². The van der Waals surface area contributed by atoms with Crippen LogP contribution in [0.4, 0.5) is 13.2 Å². The molecule has 0 spiro atoms. The van der Waals surface area contributed by atoms with Crippen molar-refractivity contribution in [3.05, 3.63) is 17.5 Å². The van der Waals surface area contributed by atoms with Crippen LogP contribution in [0.1, 0.15) is 37.6 Å². The van der Waals surface area contributed by atoms with Crippen LogP contribution in [0.5, 0.6) is 0 Å². The molecule has 0 saturated heterocycles. The number of hydrogen-bond acceptors (Lipinski definition) is 2. The van der Waals surface area contributed by atoms with Crippen LogP contribution in [0.3, 0.4) is 0 Å². The molecule has 0 aliphatic heterocycles. The fraction of sp³-hybridized carbons (Fsp3) is 0.700. The summed E-state index contributed by atoms with van der Waals surface area (Å²) in [6.45, 7) is 3.73. The summed E-state index contributed by atoms with van der Waals surface area (Å²) in [4.78, 5) is 0. The minimum atomic E-state index is -4.36. The molecule has 92 valence electrons. The first kappa shape index (κ1) is 13.0. The third kappa shape index (κ3) is 2.75. The molecule has 0 atom stereocenters. The minimum Gasteiger partial charge on any atom is -0.330 e. The maximum Gasteiger partial charge on any atom is 0.433 e. The average Bonchev–Trinajstić information content (AvgIpc) is 2.57. The van der Waals surface area contributed by atoms with E-state index in [0.29, 0.717) is 19.4 Å². The van der Waals surface area contributed by atoms with Crippen LogP contribution < -0.4 is 5.73 Å². The number of aryl methyl sites for hydroxylation is 1. The second kappa shape index (κ2) is 4.86. The van der Waals surface area contributed by atoms with Gasteiger partial charge in [-0.05, 0) is 33.2 Å². The van der Waals surface area contributed by atoms with E-state index in [1.165, 1.54) is 6.20 Å². The standard InChI is InChI=1S/C10H16F3N3/c1-7(2)16-9(10(11,12)13)8(6-15-16)4-3-5-14/h6-7H,3-5,14H2,1-2H3. The molecule has 0 bridgehead atoms. The van der Waals surface area contributed by atoms with E-state index < -0.39 is 11.9 Å². The second-order valence-corrected chi connectivity index (χ2v) is 3.95. The highest BCUT2D eigenvalue weighted by atomic mass is 19.4. The van der Waals surface area contributed by atoms with Gasteiger partial charge in [0.1, 0.15) is 5.69 Å². The van der Waals surface area contributed by atoms with Gasteiger partial charge in [-0.1, -0.05) is 0 Å². The Kier molecular flexibility index (Phi) is 3.96. The lowest BCUT2D eigenvalue weighted by molar-refractivity contribution is -0.145. The lowest BCUT2D eigenvalue weighted by atomic mass is 10.1. The predicted molar refractivity (Wildman–Crippen MR) is 55.0 cm³/mol. The van der Waals surface area contributed by atoms with Crippen molar-refractivity contribution in [2.45, 2.75) is 38.9 Å². The number of nitrogens with zero attached hydrogens (tertiary/aromatic N) is 2. The van der Waals surface area contributed by atoms with E-state index in [4.69, 9.17) is 5.73 Å². The summed E-state index contributed by atoms with van der Waals surface area (Å²) in [7, 11) is 0. The molecule has 0 amide bonds. The van der Waals surface area contributed by atoms with E-state index >= 15 is 0 Å². The molecule has 6 heteroatoms. The summed E-state index contributed by atoms with van der Waals surface area (Å²) in [6.07, 6.45) is -2.21. The lowest BCUT2D eigenvalue weighted by Gasteiger charge is -2.15. The van der Waals surface area contributed by atoms with Gasteiger partial charge < -0.3 is 5.73 Å². The summed E-state index contributed by atoms with van der Waals surface area (Å²) in [5.74, 6) is 0. The molecule has 0 radical (unpaired) electrons. The second-order valence-electron chi connectivity index (χ2n) is 3.95. The molecule has 0 fully saturated rings. The van der Waals surface area contributed by atoms with E-state index in [2.05, 4.69) is 5.10 Å². The van der Waals surface area contributed by atoms with Crippen LogP contribution in [-0.4, -0.2) is 16.3 Å². The monoisotopic (exact) mass is 235 g/mol. The molecule has 0 saturated carbocycles. The van der Waals surface area contributed by atoms with E-state index in [1.54, 1.807) is 13.8 Å². The van der Waals surface area contributed by atoms with Crippen molar-refractivity contribution < 1.29 is 13.2 Å². The molecule has 0 aliphatic rings. The van der Waals surface area contributed by atoms with E-state index in [9.17, 15) is 13.2 Å². The minimum absolute atomic E-state index is 0.228. The summed E-state index contributed by atoms with van der Waals surface area (Å²) < 4.78 is 39.5. The molecule has 1 rings (SSSR count). The molecular formula is C10H16F3N3. The number of alkyl halides is 3. The largest absolute Gasteiger partial charge is 0.433 e. The fourth-order valence-electron chi connectivity index (χ4n) is 1.58. The van der Waals surface area contributed by atoms with Crippen molar-refractivity contribution >= 4 is 0 Å². The topological polar surface area (TPSA) is 43.8 Å². The van der Waals surface area contributed by atoms with Crippen LogP contribution in [0.2, 0.25) is 0 Å². The highest BCUT2D eigenvalue weighted by Crippen LogP contribution is 2.33. The Morgan fingerprint density at radius 3 is 2.50 bits per heavy atom. The van der Waals surface area contributed by atoms with Crippen molar-refractivity contribution in [1.82, 2.24) is 9.78 Å². The number of nitrogens with two attached hydrogens (primary N) is 1. The van der Waals surface area contributed by atoms with Crippen LogP contribution in [0.15, 0.2) is 6.20 Å². The normalized spacial score (nSPS) is 12.4. The molecule has 0 unspecified atom stereocenters. The molecule has 16 heavy (non-hydrogen) atoms. The quantitative estimate of drug-likeness (QED) is 0.870. The van der Waals surface area contributed by atoms with Gasteiger partial charge in [-0.25, -0.2) is 0 Å². The highest BCUT2D eigenvalue weighted by Gasteiger charge is 2.38. The van der Waals surface area contributed by atoms with Gasteiger partial charge in [-0.3, -0.25) is 4.68 Å². The Hall–Kier alpha value is -1.04. The SMILES string of the molecule is CC(C)n1ncc(CCCN)c1C(F)(F)F. The summed E-state index contributed by atoms with van der Waals surface area (Å²) in [6, 6.07) is -0.303. The Morgan fingerprint density at radius 1 is 1.44 bits per heavy atom. The van der Waals surface area contributed by atoms with Gasteiger partial charge in [0.15, 0.2) is 0 Å². The third-order valence-electron chi connectivity index (χ3n) is 2.28. The van der Waals surface area contributed by atoms with E-state index in [-0.39, 0.29) is 11.6 Å². The summed E-state index contributed by atoms with van der Waals surface area (Å²) in [5, 5.41) is 3.79. The molecule has 3 nitrogen and oxygen atoms in total. The Balaban J connectivity index is 3.10. The molecule has 0 aliphatic carbocycles. The molecule has 0 aromatic carbocycles. The first-order valence-electron chi connectivity index (χ1n) is 5.21.